The third-order valence-corrected chi connectivity index (χ3v) is 2.12. The van der Waals surface area contributed by atoms with Gasteiger partial charge in [-0.2, -0.15) is 0 Å². The summed E-state index contributed by atoms with van der Waals surface area (Å²) < 4.78 is 0. The molecule has 2 nitrogen and oxygen atoms in total. The Kier molecular flexibility index (Phi) is 2.40. The Bertz CT molecular complexity index is 181. The summed E-state index contributed by atoms with van der Waals surface area (Å²) in [4.78, 5) is 4.13. The van der Waals surface area contributed by atoms with Crippen LogP contribution in [-0.2, 0) is 0 Å². The van der Waals surface area contributed by atoms with Crippen molar-refractivity contribution in [3.8, 4) is 0 Å². The van der Waals surface area contributed by atoms with E-state index in [1.807, 2.05) is 10.9 Å². The van der Waals surface area contributed by atoms with Gasteiger partial charge in [-0.05, 0) is 5.92 Å². The fraction of sp³-hybridized carbons (Fsp3) is 0.571. The highest BCUT2D eigenvalue weighted by molar-refractivity contribution is 7.07. The van der Waals surface area contributed by atoms with Gasteiger partial charge in [0.25, 0.3) is 0 Å². The van der Waals surface area contributed by atoms with E-state index in [0.29, 0.717) is 5.92 Å². The van der Waals surface area contributed by atoms with Crippen molar-refractivity contribution < 1.29 is 0 Å². The number of aromatic nitrogens is 1. The van der Waals surface area contributed by atoms with Crippen LogP contribution in [0.3, 0.4) is 0 Å². The van der Waals surface area contributed by atoms with E-state index in [-0.39, 0.29) is 6.04 Å². The van der Waals surface area contributed by atoms with E-state index in [0.717, 1.165) is 5.69 Å². The average molecular weight is 156 g/mol. The van der Waals surface area contributed by atoms with Crippen molar-refractivity contribution >= 4 is 11.3 Å². The van der Waals surface area contributed by atoms with E-state index >= 15 is 0 Å². The molecule has 0 fully saturated rings. The number of rotatable bonds is 2. The van der Waals surface area contributed by atoms with Crippen molar-refractivity contribution in [2.24, 2.45) is 11.7 Å². The van der Waals surface area contributed by atoms with E-state index < -0.39 is 0 Å². The van der Waals surface area contributed by atoms with Crippen molar-refractivity contribution in [2.45, 2.75) is 19.9 Å². The molecule has 3 heteroatoms. The summed E-state index contributed by atoms with van der Waals surface area (Å²) in [5.41, 5.74) is 8.66. The third-order valence-electron chi connectivity index (χ3n) is 1.51. The second-order valence-corrected chi connectivity index (χ2v) is 3.40. The zero-order valence-corrected chi connectivity index (χ0v) is 7.06. The quantitative estimate of drug-likeness (QED) is 0.709. The summed E-state index contributed by atoms with van der Waals surface area (Å²) in [6.45, 7) is 4.20. The van der Waals surface area contributed by atoms with Gasteiger partial charge in [0.2, 0.25) is 0 Å². The van der Waals surface area contributed by atoms with Gasteiger partial charge in [-0.3, -0.25) is 0 Å². The molecule has 1 unspecified atom stereocenters. The van der Waals surface area contributed by atoms with Gasteiger partial charge in [0, 0.05) is 5.38 Å². The van der Waals surface area contributed by atoms with Crippen LogP contribution >= 0.6 is 11.3 Å². The number of nitrogens with zero attached hydrogens (tertiary/aromatic N) is 1. The van der Waals surface area contributed by atoms with Gasteiger partial charge in [0.15, 0.2) is 0 Å². The summed E-state index contributed by atoms with van der Waals surface area (Å²) in [6.07, 6.45) is 0. The van der Waals surface area contributed by atoms with Crippen LogP contribution < -0.4 is 5.73 Å². The zero-order chi connectivity index (χ0) is 7.56. The van der Waals surface area contributed by atoms with Gasteiger partial charge in [-0.25, -0.2) is 4.98 Å². The van der Waals surface area contributed by atoms with Crippen LogP contribution in [0.4, 0.5) is 0 Å². The Hall–Kier alpha value is -0.410. The summed E-state index contributed by atoms with van der Waals surface area (Å²) >= 11 is 1.59. The molecule has 0 saturated carbocycles. The molecule has 0 radical (unpaired) electrons. The molecule has 0 aromatic carbocycles. The highest BCUT2D eigenvalue weighted by Crippen LogP contribution is 2.17. The molecule has 0 amide bonds. The van der Waals surface area contributed by atoms with Crippen LogP contribution in [0.25, 0.3) is 0 Å². The first-order valence-electron chi connectivity index (χ1n) is 3.35. The van der Waals surface area contributed by atoms with Crippen molar-refractivity contribution in [1.29, 1.82) is 0 Å². The second kappa shape index (κ2) is 3.12. The molecule has 0 aliphatic rings. The van der Waals surface area contributed by atoms with Crippen LogP contribution in [-0.4, -0.2) is 4.98 Å². The molecule has 56 valence electrons. The Morgan fingerprint density at radius 1 is 1.60 bits per heavy atom. The molecular weight excluding hydrogens is 144 g/mol. The molecule has 1 atom stereocenters. The molecule has 0 spiro atoms. The molecule has 2 N–H and O–H groups in total. The Balaban J connectivity index is 2.68. The first-order valence-corrected chi connectivity index (χ1v) is 4.29. The lowest BCUT2D eigenvalue weighted by Gasteiger charge is -2.11. The molecule has 0 aliphatic heterocycles. The van der Waals surface area contributed by atoms with Gasteiger partial charge >= 0.3 is 0 Å². The number of hydrogen-bond donors (Lipinski definition) is 1. The highest BCUT2D eigenvalue weighted by atomic mass is 32.1. The van der Waals surface area contributed by atoms with E-state index in [2.05, 4.69) is 18.8 Å². The number of thiazole rings is 1. The zero-order valence-electron chi connectivity index (χ0n) is 6.24. The fourth-order valence-corrected chi connectivity index (χ4v) is 1.33. The normalized spacial score (nSPS) is 14.0. The number of nitrogens with two attached hydrogens (primary N) is 1. The van der Waals surface area contributed by atoms with Gasteiger partial charge in [0.05, 0.1) is 17.2 Å². The lowest BCUT2D eigenvalue weighted by molar-refractivity contribution is 0.505. The highest BCUT2D eigenvalue weighted by Gasteiger charge is 2.10. The summed E-state index contributed by atoms with van der Waals surface area (Å²) in [5.74, 6) is 0.474. The third kappa shape index (κ3) is 1.55. The first-order chi connectivity index (χ1) is 4.72. The molecule has 1 aromatic heterocycles. The van der Waals surface area contributed by atoms with E-state index in [1.54, 1.807) is 11.3 Å². The van der Waals surface area contributed by atoms with Gasteiger partial charge in [-0.15, -0.1) is 11.3 Å². The monoisotopic (exact) mass is 156 g/mol. The summed E-state index contributed by atoms with van der Waals surface area (Å²) in [7, 11) is 0. The van der Waals surface area contributed by atoms with Crippen molar-refractivity contribution in [2.75, 3.05) is 0 Å². The lowest BCUT2D eigenvalue weighted by atomic mass is 10.0. The summed E-state index contributed by atoms with van der Waals surface area (Å²) in [5, 5.41) is 2.00. The molecule has 1 rings (SSSR count). The molecule has 0 saturated heterocycles. The minimum Gasteiger partial charge on any atom is -0.322 e. The lowest BCUT2D eigenvalue weighted by Crippen LogP contribution is -2.16. The van der Waals surface area contributed by atoms with Gasteiger partial charge in [-0.1, -0.05) is 13.8 Å². The smallest absolute Gasteiger partial charge is 0.0795 e. The van der Waals surface area contributed by atoms with Crippen molar-refractivity contribution in [1.82, 2.24) is 4.98 Å². The topological polar surface area (TPSA) is 38.9 Å². The van der Waals surface area contributed by atoms with Gasteiger partial charge in [0.1, 0.15) is 0 Å². The SMILES string of the molecule is CC(C)C(N)c1cscn1. The van der Waals surface area contributed by atoms with Crippen LogP contribution in [0.1, 0.15) is 25.6 Å². The molecular formula is C7H12N2S. The van der Waals surface area contributed by atoms with Crippen LogP contribution in [0, 0.1) is 5.92 Å². The number of hydrogen-bond acceptors (Lipinski definition) is 3. The first kappa shape index (κ1) is 7.69. The largest absolute Gasteiger partial charge is 0.322 e. The molecule has 1 heterocycles. The molecule has 0 bridgehead atoms. The molecule has 10 heavy (non-hydrogen) atoms. The van der Waals surface area contributed by atoms with E-state index in [4.69, 9.17) is 5.73 Å². The predicted octanol–water partition coefficient (Wildman–Crippen LogP) is 1.80. The summed E-state index contributed by atoms with van der Waals surface area (Å²) in [6, 6.07) is 0.103. The molecule has 0 aliphatic carbocycles. The maximum atomic E-state index is 5.83. The van der Waals surface area contributed by atoms with E-state index in [1.165, 1.54) is 0 Å². The van der Waals surface area contributed by atoms with Crippen molar-refractivity contribution in [3.63, 3.8) is 0 Å². The average Bonchev–Trinajstić information content (AvgIpc) is 2.36. The van der Waals surface area contributed by atoms with Crippen LogP contribution in [0.15, 0.2) is 10.9 Å². The minimum atomic E-state index is 0.103. The maximum Gasteiger partial charge on any atom is 0.0795 e. The van der Waals surface area contributed by atoms with Crippen LogP contribution in [0.5, 0.6) is 0 Å². The van der Waals surface area contributed by atoms with Crippen LogP contribution in [0.2, 0.25) is 0 Å². The standard InChI is InChI=1S/C7H12N2S/c1-5(2)7(8)6-3-10-4-9-6/h3-5,7H,8H2,1-2H3. The van der Waals surface area contributed by atoms with Gasteiger partial charge < -0.3 is 5.73 Å². The second-order valence-electron chi connectivity index (χ2n) is 2.68. The van der Waals surface area contributed by atoms with E-state index in [9.17, 15) is 0 Å². The van der Waals surface area contributed by atoms with Crippen molar-refractivity contribution in [3.05, 3.63) is 16.6 Å². The Labute approximate surface area is 65.1 Å². The Morgan fingerprint density at radius 2 is 2.30 bits per heavy atom. The Morgan fingerprint density at radius 3 is 2.70 bits per heavy atom. The maximum absolute atomic E-state index is 5.83. The molecule has 1 aromatic rings. The predicted molar refractivity (Wildman–Crippen MR) is 43.9 cm³/mol. The minimum absolute atomic E-state index is 0.103. The fourth-order valence-electron chi connectivity index (χ4n) is 0.728.